The lowest BCUT2D eigenvalue weighted by Crippen LogP contribution is -2.56. The van der Waals surface area contributed by atoms with Gasteiger partial charge in [-0.2, -0.15) is 26.3 Å². The summed E-state index contributed by atoms with van der Waals surface area (Å²) < 4.78 is 63.5. The largest absolute Gasteiger partial charge is 0.490 e. The van der Waals surface area contributed by atoms with Crippen molar-refractivity contribution in [3.8, 4) is 0 Å². The highest BCUT2D eigenvalue weighted by Gasteiger charge is 2.47. The summed E-state index contributed by atoms with van der Waals surface area (Å²) in [7, 11) is 0. The van der Waals surface area contributed by atoms with Crippen molar-refractivity contribution in [2.45, 2.75) is 38.8 Å². The Labute approximate surface area is 207 Å². The molecule has 0 radical (unpaired) electrons. The van der Waals surface area contributed by atoms with Crippen LogP contribution in [0.5, 0.6) is 0 Å². The topological polar surface area (TPSA) is 94.0 Å². The Morgan fingerprint density at radius 1 is 0.917 bits per heavy atom. The number of alkyl halides is 6. The SMILES string of the molecule is Cc1ccc(CN2CC3(CCN(Cc4ccncc4)C3)C2)s1.O=C(O)C(F)(F)F.O=C(O)C(F)(F)F. The molecule has 4 heterocycles. The van der Waals surface area contributed by atoms with Gasteiger partial charge in [0.25, 0.3) is 0 Å². The standard InChI is InChI=1S/C18H23N3S.2C2HF3O2/c1-15-2-3-17(22-15)11-21-13-18(14-21)6-9-20(12-18)10-16-4-7-19-8-5-16;2*3-2(4,5)1(6)7/h2-5,7-8H,6,9-14H2,1H3;2*(H,6,7). The normalized spacial score (nSPS) is 17.4. The first-order valence-electron chi connectivity index (χ1n) is 10.6. The zero-order chi connectivity index (χ0) is 27.1. The molecule has 2 aromatic heterocycles. The van der Waals surface area contributed by atoms with Gasteiger partial charge in [0.05, 0.1) is 0 Å². The molecule has 0 aromatic carbocycles. The Bertz CT molecular complexity index is 983. The molecule has 2 aliphatic heterocycles. The van der Waals surface area contributed by atoms with E-state index in [1.807, 2.05) is 23.7 Å². The van der Waals surface area contributed by atoms with E-state index < -0.39 is 24.3 Å². The molecular formula is C22H25F6N3O4S. The van der Waals surface area contributed by atoms with E-state index in [-0.39, 0.29) is 0 Å². The molecule has 0 saturated carbocycles. The molecule has 0 bridgehead atoms. The Balaban J connectivity index is 0.000000271. The first-order chi connectivity index (χ1) is 16.6. The molecule has 0 amide bonds. The second-order valence-electron chi connectivity index (χ2n) is 8.58. The van der Waals surface area contributed by atoms with E-state index in [9.17, 15) is 26.3 Å². The van der Waals surface area contributed by atoms with Gasteiger partial charge in [0, 0.05) is 60.3 Å². The number of aryl methyl sites for hydroxylation is 1. The fraction of sp³-hybridized carbons (Fsp3) is 0.500. The number of hydrogen-bond donors (Lipinski definition) is 2. The number of hydrogen-bond acceptors (Lipinski definition) is 6. The van der Waals surface area contributed by atoms with Crippen molar-refractivity contribution in [1.82, 2.24) is 14.8 Å². The van der Waals surface area contributed by atoms with Crippen LogP contribution in [0.2, 0.25) is 0 Å². The number of carboxylic acid groups (broad SMARTS) is 2. The number of thiophene rings is 1. The summed E-state index contributed by atoms with van der Waals surface area (Å²) in [6.07, 6.45) is -5.01. The number of likely N-dealkylation sites (tertiary alicyclic amines) is 2. The molecule has 7 nitrogen and oxygen atoms in total. The van der Waals surface area contributed by atoms with E-state index in [4.69, 9.17) is 19.8 Å². The second kappa shape index (κ2) is 12.0. The van der Waals surface area contributed by atoms with E-state index in [1.54, 1.807) is 0 Å². The highest BCUT2D eigenvalue weighted by atomic mass is 32.1. The summed E-state index contributed by atoms with van der Waals surface area (Å²) in [5, 5.41) is 14.2. The fourth-order valence-electron chi connectivity index (χ4n) is 3.97. The van der Waals surface area contributed by atoms with Gasteiger partial charge >= 0.3 is 24.3 Å². The molecule has 2 fully saturated rings. The molecule has 14 heteroatoms. The minimum absolute atomic E-state index is 0.569. The van der Waals surface area contributed by atoms with Crippen LogP contribution in [0.1, 0.15) is 21.7 Å². The van der Waals surface area contributed by atoms with Crippen LogP contribution in [0.25, 0.3) is 0 Å². The van der Waals surface area contributed by atoms with Gasteiger partial charge in [-0.15, -0.1) is 11.3 Å². The van der Waals surface area contributed by atoms with Crippen LogP contribution < -0.4 is 0 Å². The average molecular weight is 542 g/mol. The molecule has 2 saturated heterocycles. The summed E-state index contributed by atoms with van der Waals surface area (Å²) in [5.41, 5.74) is 1.96. The molecule has 4 rings (SSSR count). The van der Waals surface area contributed by atoms with Gasteiger partial charge in [-0.05, 0) is 49.7 Å². The third-order valence-electron chi connectivity index (χ3n) is 5.45. The van der Waals surface area contributed by atoms with E-state index in [1.165, 1.54) is 47.9 Å². The van der Waals surface area contributed by atoms with Gasteiger partial charge in [0.1, 0.15) is 0 Å². The number of aromatic nitrogens is 1. The van der Waals surface area contributed by atoms with Crippen LogP contribution in [0.4, 0.5) is 26.3 Å². The second-order valence-corrected chi connectivity index (χ2v) is 9.95. The molecule has 2 N–H and O–H groups in total. The van der Waals surface area contributed by atoms with Crippen molar-refractivity contribution >= 4 is 23.3 Å². The van der Waals surface area contributed by atoms with E-state index in [0.29, 0.717) is 5.41 Å². The lowest BCUT2D eigenvalue weighted by atomic mass is 9.79. The van der Waals surface area contributed by atoms with E-state index in [0.717, 1.165) is 13.1 Å². The maximum atomic E-state index is 10.6. The number of pyridine rings is 1. The predicted molar refractivity (Wildman–Crippen MR) is 118 cm³/mol. The van der Waals surface area contributed by atoms with Crippen LogP contribution in [0.3, 0.4) is 0 Å². The van der Waals surface area contributed by atoms with E-state index in [2.05, 4.69) is 46.0 Å². The molecular weight excluding hydrogens is 516 g/mol. The molecule has 2 aliphatic rings. The van der Waals surface area contributed by atoms with Gasteiger partial charge < -0.3 is 10.2 Å². The van der Waals surface area contributed by atoms with Crippen molar-refractivity contribution in [2.24, 2.45) is 5.41 Å². The van der Waals surface area contributed by atoms with Crippen LogP contribution in [-0.4, -0.2) is 75.5 Å². The number of aliphatic carboxylic acids is 2. The van der Waals surface area contributed by atoms with Crippen LogP contribution in [-0.2, 0) is 22.7 Å². The Hall–Kier alpha value is -2.71. The van der Waals surface area contributed by atoms with Gasteiger partial charge in [-0.25, -0.2) is 9.59 Å². The van der Waals surface area contributed by atoms with Crippen LogP contribution in [0.15, 0.2) is 36.7 Å². The molecule has 200 valence electrons. The van der Waals surface area contributed by atoms with Crippen molar-refractivity contribution in [3.05, 3.63) is 52.0 Å². The van der Waals surface area contributed by atoms with Gasteiger partial charge in [-0.1, -0.05) is 0 Å². The maximum absolute atomic E-state index is 10.6. The zero-order valence-corrected chi connectivity index (χ0v) is 20.0. The Kier molecular flexibility index (Phi) is 9.85. The predicted octanol–water partition coefficient (Wildman–Crippen LogP) is 4.43. The summed E-state index contributed by atoms with van der Waals surface area (Å²) in [6.45, 7) is 9.47. The zero-order valence-electron chi connectivity index (χ0n) is 19.1. The summed E-state index contributed by atoms with van der Waals surface area (Å²) in [6, 6.07) is 8.80. The van der Waals surface area contributed by atoms with Crippen molar-refractivity contribution in [2.75, 3.05) is 26.2 Å². The molecule has 36 heavy (non-hydrogen) atoms. The number of carbonyl (C=O) groups is 2. The summed E-state index contributed by atoms with van der Waals surface area (Å²) in [4.78, 5) is 30.1. The Morgan fingerprint density at radius 2 is 1.42 bits per heavy atom. The first kappa shape index (κ1) is 29.5. The number of rotatable bonds is 4. The van der Waals surface area contributed by atoms with Crippen LogP contribution in [0, 0.1) is 12.3 Å². The third kappa shape index (κ3) is 9.39. The molecule has 1 spiro atoms. The van der Waals surface area contributed by atoms with Gasteiger partial charge in [0.15, 0.2) is 0 Å². The Morgan fingerprint density at radius 3 is 1.86 bits per heavy atom. The average Bonchev–Trinajstić information content (AvgIpc) is 3.34. The first-order valence-corrected chi connectivity index (χ1v) is 11.4. The van der Waals surface area contributed by atoms with Crippen molar-refractivity contribution < 1.29 is 46.1 Å². The number of nitrogens with zero attached hydrogens (tertiary/aromatic N) is 3. The van der Waals surface area contributed by atoms with Crippen molar-refractivity contribution in [3.63, 3.8) is 0 Å². The van der Waals surface area contributed by atoms with Gasteiger partial charge in [0.2, 0.25) is 0 Å². The molecule has 2 aromatic rings. The summed E-state index contributed by atoms with van der Waals surface area (Å²) in [5.74, 6) is -5.51. The lowest BCUT2D eigenvalue weighted by molar-refractivity contribution is -0.193. The highest BCUT2D eigenvalue weighted by Crippen LogP contribution is 2.41. The molecule has 0 unspecified atom stereocenters. The smallest absolute Gasteiger partial charge is 0.475 e. The number of halogens is 6. The van der Waals surface area contributed by atoms with Gasteiger partial charge in [-0.3, -0.25) is 14.8 Å². The summed E-state index contributed by atoms with van der Waals surface area (Å²) >= 11 is 1.94. The van der Waals surface area contributed by atoms with Crippen molar-refractivity contribution in [1.29, 1.82) is 0 Å². The minimum Gasteiger partial charge on any atom is -0.475 e. The van der Waals surface area contributed by atoms with Crippen LogP contribution >= 0.6 is 11.3 Å². The lowest BCUT2D eigenvalue weighted by Gasteiger charge is -2.48. The molecule has 0 atom stereocenters. The monoisotopic (exact) mass is 541 g/mol. The fourth-order valence-corrected chi connectivity index (χ4v) is 4.90. The van der Waals surface area contributed by atoms with E-state index >= 15 is 0 Å². The quantitative estimate of drug-likeness (QED) is 0.554. The highest BCUT2D eigenvalue weighted by molar-refractivity contribution is 7.11. The number of carboxylic acids is 2. The third-order valence-corrected chi connectivity index (χ3v) is 6.44. The maximum Gasteiger partial charge on any atom is 0.490 e. The molecule has 0 aliphatic carbocycles. The minimum atomic E-state index is -5.08.